The van der Waals surface area contributed by atoms with E-state index in [0.717, 1.165) is 17.1 Å². The van der Waals surface area contributed by atoms with Crippen LogP contribution < -0.4 is 16.0 Å². The van der Waals surface area contributed by atoms with Crippen LogP contribution in [0.2, 0.25) is 0 Å². The van der Waals surface area contributed by atoms with Gasteiger partial charge in [-0.2, -0.15) is 0 Å². The van der Waals surface area contributed by atoms with Gasteiger partial charge in [0.25, 0.3) is 0 Å². The molecule has 2 aromatic carbocycles. The quantitative estimate of drug-likeness (QED) is 0.672. The van der Waals surface area contributed by atoms with Crippen LogP contribution in [0, 0.1) is 6.92 Å². The predicted molar refractivity (Wildman–Crippen MR) is 82.8 cm³/mol. The largest absolute Gasteiger partial charge is 0.486 e. The smallest absolute Gasteiger partial charge is 0.133 e. The van der Waals surface area contributed by atoms with Crippen LogP contribution >= 0.6 is 11.8 Å². The van der Waals surface area contributed by atoms with Gasteiger partial charge in [0.2, 0.25) is 0 Å². The SMILES string of the molecule is Cc1cccc(C(NN)C2CSc3ccccc3O2)c1. The molecule has 0 spiro atoms. The molecule has 104 valence electrons. The van der Waals surface area contributed by atoms with Crippen molar-refractivity contribution in [3.05, 3.63) is 59.7 Å². The van der Waals surface area contributed by atoms with Crippen molar-refractivity contribution in [2.75, 3.05) is 5.75 Å². The van der Waals surface area contributed by atoms with Gasteiger partial charge in [0.15, 0.2) is 0 Å². The number of hydrogen-bond donors (Lipinski definition) is 2. The summed E-state index contributed by atoms with van der Waals surface area (Å²) in [7, 11) is 0. The predicted octanol–water partition coefficient (Wildman–Crippen LogP) is 3.05. The van der Waals surface area contributed by atoms with E-state index >= 15 is 0 Å². The minimum absolute atomic E-state index is 0.00393. The molecule has 20 heavy (non-hydrogen) atoms. The summed E-state index contributed by atoms with van der Waals surface area (Å²) in [5, 5.41) is 0. The molecule has 0 radical (unpaired) electrons. The normalized spacial score (nSPS) is 19.0. The van der Waals surface area contributed by atoms with Crippen molar-refractivity contribution in [1.82, 2.24) is 5.43 Å². The third kappa shape index (κ3) is 2.68. The molecule has 0 amide bonds. The molecule has 2 atom stereocenters. The van der Waals surface area contributed by atoms with E-state index in [-0.39, 0.29) is 12.1 Å². The Bertz CT molecular complexity index is 603. The van der Waals surface area contributed by atoms with Crippen molar-refractivity contribution >= 4 is 11.8 Å². The molecule has 0 saturated heterocycles. The average Bonchev–Trinajstić information content (AvgIpc) is 2.48. The molecule has 3 rings (SSSR count). The highest BCUT2D eigenvalue weighted by atomic mass is 32.2. The standard InChI is InChI=1S/C16H18N2OS/c1-11-5-4-6-12(9-11)16(18-17)14-10-20-15-8-3-2-7-13(15)19-14/h2-9,14,16,18H,10,17H2,1H3. The van der Waals surface area contributed by atoms with Crippen LogP contribution in [-0.4, -0.2) is 11.9 Å². The van der Waals surface area contributed by atoms with Crippen molar-refractivity contribution in [3.8, 4) is 5.75 Å². The van der Waals surface area contributed by atoms with Crippen LogP contribution in [0.1, 0.15) is 17.2 Å². The Morgan fingerprint density at radius 2 is 2.10 bits per heavy atom. The van der Waals surface area contributed by atoms with E-state index in [1.165, 1.54) is 10.5 Å². The van der Waals surface area contributed by atoms with E-state index in [1.807, 2.05) is 30.0 Å². The summed E-state index contributed by atoms with van der Waals surface area (Å²) in [6.45, 7) is 2.09. The van der Waals surface area contributed by atoms with E-state index in [4.69, 9.17) is 10.6 Å². The number of para-hydroxylation sites is 1. The van der Waals surface area contributed by atoms with Gasteiger partial charge in [-0.25, -0.2) is 5.43 Å². The second kappa shape index (κ2) is 5.87. The van der Waals surface area contributed by atoms with Crippen LogP contribution in [0.5, 0.6) is 5.75 Å². The molecule has 2 aromatic rings. The number of ether oxygens (including phenoxy) is 1. The van der Waals surface area contributed by atoms with Crippen molar-refractivity contribution in [2.24, 2.45) is 5.84 Å². The van der Waals surface area contributed by atoms with Gasteiger partial charge in [-0.05, 0) is 24.6 Å². The van der Waals surface area contributed by atoms with Gasteiger partial charge < -0.3 is 4.74 Å². The maximum atomic E-state index is 6.12. The molecular formula is C16H18N2OS. The van der Waals surface area contributed by atoms with Gasteiger partial charge in [-0.1, -0.05) is 42.0 Å². The Morgan fingerprint density at radius 3 is 2.90 bits per heavy atom. The second-order valence-corrected chi connectivity index (χ2v) is 6.03. The first-order valence-corrected chi connectivity index (χ1v) is 7.67. The Hall–Kier alpha value is -1.49. The molecular weight excluding hydrogens is 268 g/mol. The summed E-state index contributed by atoms with van der Waals surface area (Å²) in [5.74, 6) is 7.60. The second-order valence-electron chi connectivity index (χ2n) is 4.97. The molecule has 1 aliphatic heterocycles. The number of fused-ring (bicyclic) bond motifs is 1. The molecule has 1 heterocycles. The molecule has 3 N–H and O–H groups in total. The lowest BCUT2D eigenvalue weighted by Crippen LogP contribution is -2.42. The monoisotopic (exact) mass is 286 g/mol. The number of hydrogen-bond acceptors (Lipinski definition) is 4. The molecule has 2 unspecified atom stereocenters. The van der Waals surface area contributed by atoms with E-state index in [0.29, 0.717) is 0 Å². The van der Waals surface area contributed by atoms with Gasteiger partial charge in [-0.3, -0.25) is 5.84 Å². The number of aryl methyl sites for hydroxylation is 1. The number of hydrazine groups is 1. The van der Waals surface area contributed by atoms with Gasteiger partial charge in [0.05, 0.1) is 6.04 Å². The number of rotatable bonds is 3. The summed E-state index contributed by atoms with van der Waals surface area (Å²) in [6.07, 6.45) is 0.0294. The average molecular weight is 286 g/mol. The first-order valence-electron chi connectivity index (χ1n) is 6.69. The molecule has 0 fully saturated rings. The van der Waals surface area contributed by atoms with Crippen LogP contribution in [0.15, 0.2) is 53.4 Å². The first-order chi connectivity index (χ1) is 9.78. The fourth-order valence-corrected chi connectivity index (χ4v) is 3.52. The summed E-state index contributed by atoms with van der Waals surface area (Å²) in [5.41, 5.74) is 5.30. The molecule has 1 aliphatic rings. The van der Waals surface area contributed by atoms with E-state index in [2.05, 4.69) is 42.7 Å². The summed E-state index contributed by atoms with van der Waals surface area (Å²) >= 11 is 1.82. The zero-order chi connectivity index (χ0) is 13.9. The highest BCUT2D eigenvalue weighted by molar-refractivity contribution is 7.99. The fraction of sp³-hybridized carbons (Fsp3) is 0.250. The summed E-state index contributed by atoms with van der Waals surface area (Å²) in [4.78, 5) is 1.20. The third-order valence-corrected chi connectivity index (χ3v) is 4.63. The minimum Gasteiger partial charge on any atom is -0.486 e. The highest BCUT2D eigenvalue weighted by Gasteiger charge is 2.28. The lowest BCUT2D eigenvalue weighted by Gasteiger charge is -2.31. The lowest BCUT2D eigenvalue weighted by atomic mass is 10.0. The van der Waals surface area contributed by atoms with Gasteiger partial charge in [0.1, 0.15) is 11.9 Å². The Morgan fingerprint density at radius 1 is 1.25 bits per heavy atom. The molecule has 0 saturated carbocycles. The lowest BCUT2D eigenvalue weighted by molar-refractivity contribution is 0.167. The Kier molecular flexibility index (Phi) is 3.96. The van der Waals surface area contributed by atoms with Crippen LogP contribution in [-0.2, 0) is 0 Å². The fourth-order valence-electron chi connectivity index (χ4n) is 2.48. The maximum absolute atomic E-state index is 6.12. The van der Waals surface area contributed by atoms with Crippen LogP contribution in [0.4, 0.5) is 0 Å². The molecule has 0 aromatic heterocycles. The van der Waals surface area contributed by atoms with Crippen molar-refractivity contribution in [1.29, 1.82) is 0 Å². The number of nitrogens with one attached hydrogen (secondary N) is 1. The number of thioether (sulfide) groups is 1. The van der Waals surface area contributed by atoms with Gasteiger partial charge >= 0.3 is 0 Å². The first kappa shape index (κ1) is 13.5. The maximum Gasteiger partial charge on any atom is 0.133 e. The third-order valence-electron chi connectivity index (χ3n) is 3.48. The van der Waals surface area contributed by atoms with Crippen molar-refractivity contribution in [2.45, 2.75) is 24.0 Å². The number of nitrogens with two attached hydrogens (primary N) is 1. The number of benzene rings is 2. The van der Waals surface area contributed by atoms with E-state index in [1.54, 1.807) is 0 Å². The van der Waals surface area contributed by atoms with Crippen molar-refractivity contribution in [3.63, 3.8) is 0 Å². The Labute approximate surface area is 123 Å². The zero-order valence-corrected chi connectivity index (χ0v) is 12.2. The van der Waals surface area contributed by atoms with E-state index < -0.39 is 0 Å². The zero-order valence-electron chi connectivity index (χ0n) is 11.4. The summed E-state index contributed by atoms with van der Waals surface area (Å²) in [6, 6.07) is 16.5. The van der Waals surface area contributed by atoms with Gasteiger partial charge in [-0.15, -0.1) is 11.8 Å². The highest BCUT2D eigenvalue weighted by Crippen LogP contribution is 2.38. The van der Waals surface area contributed by atoms with Crippen LogP contribution in [0.3, 0.4) is 0 Å². The summed E-state index contributed by atoms with van der Waals surface area (Å²) < 4.78 is 6.12. The van der Waals surface area contributed by atoms with Crippen molar-refractivity contribution < 1.29 is 4.74 Å². The molecule has 3 nitrogen and oxygen atoms in total. The molecule has 0 aliphatic carbocycles. The minimum atomic E-state index is -0.00393. The van der Waals surface area contributed by atoms with Crippen LogP contribution in [0.25, 0.3) is 0 Å². The van der Waals surface area contributed by atoms with Gasteiger partial charge in [0, 0.05) is 10.6 Å². The Balaban J connectivity index is 1.85. The topological polar surface area (TPSA) is 47.3 Å². The molecule has 4 heteroatoms. The molecule has 0 bridgehead atoms. The van der Waals surface area contributed by atoms with E-state index in [9.17, 15) is 0 Å².